The number of hydrogen-bond acceptors (Lipinski definition) is 10. The first-order valence-electron chi connectivity index (χ1n) is 10.4. The van der Waals surface area contributed by atoms with E-state index in [2.05, 4.69) is 35.8 Å². The van der Waals surface area contributed by atoms with Crippen LogP contribution in [0.25, 0.3) is 17.1 Å². The van der Waals surface area contributed by atoms with Gasteiger partial charge in [-0.1, -0.05) is 12.1 Å². The number of nitrogens with one attached hydrogen (secondary N) is 1. The molecule has 2 aromatic carbocycles. The molecule has 0 fully saturated rings. The summed E-state index contributed by atoms with van der Waals surface area (Å²) in [5, 5.41) is 19.4. The maximum absolute atomic E-state index is 12.9. The van der Waals surface area contributed by atoms with E-state index in [1.54, 1.807) is 55.6 Å². The summed E-state index contributed by atoms with van der Waals surface area (Å²) in [4.78, 5) is 12.9. The fourth-order valence-corrected chi connectivity index (χ4v) is 3.02. The van der Waals surface area contributed by atoms with Crippen molar-refractivity contribution in [1.82, 2.24) is 30.7 Å². The van der Waals surface area contributed by atoms with E-state index in [-0.39, 0.29) is 17.3 Å². The number of hydrogen-bond donors (Lipinski definition) is 2. The van der Waals surface area contributed by atoms with Crippen molar-refractivity contribution in [3.05, 3.63) is 59.8 Å². The smallest absolute Gasteiger partial charge is 0.294 e. The average molecular weight is 462 g/mol. The van der Waals surface area contributed by atoms with Gasteiger partial charge in [0.15, 0.2) is 5.69 Å². The highest BCUT2D eigenvalue weighted by atomic mass is 16.6. The van der Waals surface area contributed by atoms with Crippen LogP contribution in [-0.2, 0) is 0 Å². The molecule has 0 radical (unpaired) electrons. The van der Waals surface area contributed by atoms with Gasteiger partial charge in [0.05, 0.1) is 19.9 Å². The van der Waals surface area contributed by atoms with E-state index in [4.69, 9.17) is 15.2 Å². The largest absolute Gasteiger partial charge is 0.497 e. The zero-order valence-corrected chi connectivity index (χ0v) is 18.5. The van der Waals surface area contributed by atoms with Crippen LogP contribution in [0.15, 0.2) is 58.3 Å². The molecule has 2 heterocycles. The molecule has 0 aliphatic carbocycles. The van der Waals surface area contributed by atoms with Gasteiger partial charge in [-0.3, -0.25) is 4.79 Å². The Labute approximate surface area is 194 Å². The van der Waals surface area contributed by atoms with Crippen molar-refractivity contribution in [2.45, 2.75) is 13.3 Å². The van der Waals surface area contributed by atoms with Gasteiger partial charge in [-0.2, -0.15) is 9.78 Å². The van der Waals surface area contributed by atoms with Gasteiger partial charge >= 0.3 is 0 Å². The molecule has 0 unspecified atom stereocenters. The zero-order valence-electron chi connectivity index (χ0n) is 18.5. The minimum Gasteiger partial charge on any atom is -0.497 e. The van der Waals surface area contributed by atoms with Gasteiger partial charge in [-0.25, -0.2) is 10.1 Å². The second kappa shape index (κ2) is 10.3. The van der Waals surface area contributed by atoms with Gasteiger partial charge in [-0.05, 0) is 70.8 Å². The molecule has 12 heteroatoms. The molecule has 4 rings (SSSR count). The van der Waals surface area contributed by atoms with E-state index in [0.717, 1.165) is 17.7 Å². The third kappa shape index (κ3) is 4.85. The van der Waals surface area contributed by atoms with E-state index in [1.807, 2.05) is 6.92 Å². The van der Waals surface area contributed by atoms with Crippen molar-refractivity contribution in [2.75, 3.05) is 19.5 Å². The number of rotatable bonds is 9. The molecule has 0 saturated heterocycles. The van der Waals surface area contributed by atoms with Crippen LogP contribution in [0.5, 0.6) is 11.5 Å². The Hall–Kier alpha value is -4.74. The van der Waals surface area contributed by atoms with Gasteiger partial charge in [0.2, 0.25) is 11.6 Å². The average Bonchev–Trinajstić information content (AvgIpc) is 3.49. The number of nitrogens with two attached hydrogens (primary N) is 1. The summed E-state index contributed by atoms with van der Waals surface area (Å²) in [6.45, 7) is 2.62. The minimum absolute atomic E-state index is 0.00136. The number of aromatic nitrogens is 5. The van der Waals surface area contributed by atoms with Crippen LogP contribution in [0.3, 0.4) is 0 Å². The summed E-state index contributed by atoms with van der Waals surface area (Å²) in [5.74, 6) is 0.943. The topological polar surface area (TPSA) is 156 Å². The van der Waals surface area contributed by atoms with Crippen LogP contribution in [0, 0.1) is 0 Å². The number of carbonyl (C=O) groups excluding carboxylic acids is 1. The Morgan fingerprint density at radius 1 is 1.15 bits per heavy atom. The number of ether oxygens (including phenoxy) is 2. The summed E-state index contributed by atoms with van der Waals surface area (Å²) in [7, 11) is 1.59. The van der Waals surface area contributed by atoms with Crippen molar-refractivity contribution in [2.24, 2.45) is 5.10 Å². The molecular weight excluding hydrogens is 440 g/mol. The number of nitrogen functional groups attached to an aromatic ring is 1. The van der Waals surface area contributed by atoms with Crippen molar-refractivity contribution in [1.29, 1.82) is 0 Å². The Morgan fingerprint density at radius 3 is 2.53 bits per heavy atom. The molecule has 2 aromatic heterocycles. The molecule has 0 spiro atoms. The number of nitrogens with zero attached hydrogens (tertiary/aromatic N) is 6. The maximum atomic E-state index is 12.9. The van der Waals surface area contributed by atoms with E-state index in [1.165, 1.54) is 10.9 Å². The molecule has 34 heavy (non-hydrogen) atoms. The minimum atomic E-state index is -0.577. The van der Waals surface area contributed by atoms with E-state index < -0.39 is 5.91 Å². The monoisotopic (exact) mass is 462 g/mol. The Morgan fingerprint density at radius 2 is 1.88 bits per heavy atom. The van der Waals surface area contributed by atoms with Gasteiger partial charge in [-0.15, -0.1) is 5.10 Å². The highest BCUT2D eigenvalue weighted by Gasteiger charge is 2.25. The first kappa shape index (κ1) is 22.5. The number of anilines is 1. The molecule has 12 nitrogen and oxygen atoms in total. The summed E-state index contributed by atoms with van der Waals surface area (Å²) in [6.07, 6.45) is 2.39. The Kier molecular flexibility index (Phi) is 6.77. The Bertz CT molecular complexity index is 1280. The third-order valence-corrected chi connectivity index (χ3v) is 4.68. The molecule has 0 bridgehead atoms. The second-order valence-electron chi connectivity index (χ2n) is 7.02. The van der Waals surface area contributed by atoms with Crippen LogP contribution in [-0.4, -0.2) is 51.1 Å². The normalized spacial score (nSPS) is 11.0. The van der Waals surface area contributed by atoms with Crippen LogP contribution < -0.4 is 20.6 Å². The number of carbonyl (C=O) groups is 1. The lowest BCUT2D eigenvalue weighted by molar-refractivity contribution is 0.0950. The molecule has 0 aliphatic rings. The first-order chi connectivity index (χ1) is 16.6. The molecule has 1 amide bonds. The lowest BCUT2D eigenvalue weighted by atomic mass is 10.1. The SMILES string of the molecule is CCCOc1ccc(-c2c(C(=O)N/N=C/c3ccc(OC)cc3)nnn2-c2nonc2N)cc1. The third-order valence-electron chi connectivity index (χ3n) is 4.68. The van der Waals surface area contributed by atoms with Crippen molar-refractivity contribution in [3.63, 3.8) is 0 Å². The van der Waals surface area contributed by atoms with Crippen LogP contribution >= 0.6 is 0 Å². The summed E-state index contributed by atoms with van der Waals surface area (Å²) >= 11 is 0. The lowest BCUT2D eigenvalue weighted by Crippen LogP contribution is -2.19. The number of hydrazone groups is 1. The first-order valence-corrected chi connectivity index (χ1v) is 10.4. The highest BCUT2D eigenvalue weighted by Crippen LogP contribution is 2.28. The second-order valence-corrected chi connectivity index (χ2v) is 7.02. The molecule has 0 aliphatic heterocycles. The van der Waals surface area contributed by atoms with Crippen molar-refractivity contribution < 1.29 is 18.9 Å². The van der Waals surface area contributed by atoms with Crippen molar-refractivity contribution in [3.8, 4) is 28.6 Å². The fraction of sp³-hybridized carbons (Fsp3) is 0.182. The Balaban J connectivity index is 1.62. The van der Waals surface area contributed by atoms with Crippen LogP contribution in [0.4, 0.5) is 5.82 Å². The standard InChI is InChI=1S/C22H22N8O4/c1-3-12-33-17-10-6-15(7-11-17)19-18(25-29-30(19)21-20(23)27-34-28-21)22(31)26-24-13-14-4-8-16(32-2)9-5-14/h4-11,13H,3,12H2,1-2H3,(H2,23,27)(H,26,31)/b24-13+. The van der Waals surface area contributed by atoms with Crippen LogP contribution in [0.1, 0.15) is 29.4 Å². The van der Waals surface area contributed by atoms with Gasteiger partial charge in [0.25, 0.3) is 5.91 Å². The molecule has 0 atom stereocenters. The summed E-state index contributed by atoms with van der Waals surface area (Å²) < 4.78 is 16.7. The lowest BCUT2D eigenvalue weighted by Gasteiger charge is -2.08. The predicted molar refractivity (Wildman–Crippen MR) is 123 cm³/mol. The summed E-state index contributed by atoms with van der Waals surface area (Å²) in [5.41, 5.74) is 10.1. The number of methoxy groups -OCH3 is 1. The molecule has 4 aromatic rings. The van der Waals surface area contributed by atoms with E-state index >= 15 is 0 Å². The quantitative estimate of drug-likeness (QED) is 0.282. The van der Waals surface area contributed by atoms with E-state index in [0.29, 0.717) is 23.6 Å². The van der Waals surface area contributed by atoms with Gasteiger partial charge < -0.3 is 15.2 Å². The molecule has 3 N–H and O–H groups in total. The van der Waals surface area contributed by atoms with Crippen molar-refractivity contribution >= 4 is 17.9 Å². The predicted octanol–water partition coefficient (Wildman–Crippen LogP) is 2.46. The number of amides is 1. The fourth-order valence-electron chi connectivity index (χ4n) is 3.02. The van der Waals surface area contributed by atoms with Crippen LogP contribution in [0.2, 0.25) is 0 Å². The number of benzene rings is 2. The molecule has 174 valence electrons. The van der Waals surface area contributed by atoms with Gasteiger partial charge in [0.1, 0.15) is 17.2 Å². The molecule has 0 saturated carbocycles. The maximum Gasteiger partial charge on any atom is 0.294 e. The summed E-state index contributed by atoms with van der Waals surface area (Å²) in [6, 6.07) is 14.3. The zero-order chi connectivity index (χ0) is 23.9. The highest BCUT2D eigenvalue weighted by molar-refractivity contribution is 5.98. The van der Waals surface area contributed by atoms with Gasteiger partial charge in [0, 0.05) is 5.56 Å². The molecular formula is C22H22N8O4. The van der Waals surface area contributed by atoms with E-state index in [9.17, 15) is 4.79 Å².